The number of hydrogen-bond donors (Lipinski definition) is 0. The van der Waals surface area contributed by atoms with Gasteiger partial charge in [0.05, 0.1) is 22.1 Å². The summed E-state index contributed by atoms with van der Waals surface area (Å²) in [6.07, 6.45) is 0. The van der Waals surface area contributed by atoms with E-state index in [-0.39, 0.29) is 5.41 Å². The van der Waals surface area contributed by atoms with Crippen LogP contribution in [0.3, 0.4) is 0 Å². The highest BCUT2D eigenvalue weighted by Gasteiger charge is 2.37. The molecule has 10 aromatic rings. The molecule has 0 fully saturated rings. The first-order valence-corrected chi connectivity index (χ1v) is 18.5. The van der Waals surface area contributed by atoms with Crippen LogP contribution in [-0.4, -0.2) is 9.13 Å². The fourth-order valence-corrected chi connectivity index (χ4v) is 9.21. The molecule has 0 aliphatic heterocycles. The molecule has 8 aromatic carbocycles. The highest BCUT2D eigenvalue weighted by atomic mass is 15.0. The van der Waals surface area contributed by atoms with Crippen molar-refractivity contribution in [2.75, 3.05) is 0 Å². The second kappa shape index (κ2) is 11.2. The topological polar surface area (TPSA) is 9.86 Å². The van der Waals surface area contributed by atoms with Crippen molar-refractivity contribution in [1.82, 2.24) is 9.13 Å². The van der Waals surface area contributed by atoms with Crippen molar-refractivity contribution in [3.63, 3.8) is 0 Å². The Hall–Kier alpha value is -6.64. The van der Waals surface area contributed by atoms with Gasteiger partial charge in [-0.2, -0.15) is 0 Å². The van der Waals surface area contributed by atoms with E-state index in [1.165, 1.54) is 99.5 Å². The van der Waals surface area contributed by atoms with Crippen molar-refractivity contribution in [1.29, 1.82) is 0 Å². The lowest BCUT2D eigenvalue weighted by Crippen LogP contribution is -2.15. The van der Waals surface area contributed by atoms with Crippen molar-refractivity contribution >= 4 is 43.6 Å². The fraction of sp³-hybridized carbons (Fsp3) is 0.0588. The molecule has 0 bridgehead atoms. The van der Waals surface area contributed by atoms with Crippen LogP contribution in [-0.2, 0) is 5.41 Å². The first-order valence-electron chi connectivity index (χ1n) is 18.5. The number of hydrogen-bond acceptors (Lipinski definition) is 0. The van der Waals surface area contributed by atoms with Crippen LogP contribution in [0.25, 0.3) is 88.4 Å². The molecule has 1 aliphatic carbocycles. The molecular formula is C51H36N2. The third-order valence-corrected chi connectivity index (χ3v) is 11.7. The third-order valence-electron chi connectivity index (χ3n) is 11.7. The molecule has 11 rings (SSSR count). The zero-order chi connectivity index (χ0) is 35.3. The minimum absolute atomic E-state index is 0.146. The molecule has 0 spiro atoms. The molecule has 2 heteroatoms. The number of benzene rings is 8. The highest BCUT2D eigenvalue weighted by molar-refractivity contribution is 6.12. The molecule has 250 valence electrons. The smallest absolute Gasteiger partial charge is 0.0547 e. The second-order valence-corrected chi connectivity index (χ2v) is 15.0. The van der Waals surface area contributed by atoms with Crippen molar-refractivity contribution in [2.45, 2.75) is 19.3 Å². The molecule has 2 nitrogen and oxygen atoms in total. The molecule has 53 heavy (non-hydrogen) atoms. The first-order chi connectivity index (χ1) is 26.1. The largest absolute Gasteiger partial charge is 0.309 e. The predicted octanol–water partition coefficient (Wildman–Crippen LogP) is 13.5. The van der Waals surface area contributed by atoms with Gasteiger partial charge in [-0.25, -0.2) is 0 Å². The molecule has 0 radical (unpaired) electrons. The summed E-state index contributed by atoms with van der Waals surface area (Å²) in [5, 5.41) is 5.07. The van der Waals surface area contributed by atoms with Gasteiger partial charge in [0.2, 0.25) is 0 Å². The van der Waals surface area contributed by atoms with Crippen LogP contribution in [0, 0.1) is 0 Å². The molecule has 0 unspecified atom stereocenters. The minimum atomic E-state index is -0.146. The average molecular weight is 677 g/mol. The summed E-state index contributed by atoms with van der Waals surface area (Å²) in [5.41, 5.74) is 17.5. The SMILES string of the molecule is CC1(C)c2ccccc2-c2c(-c3ccc4c(c3)c3ccccc3n4-c3ccccc3)cc(-c3ccc4c5ccccc5n(-c5ccccc5)c4c3)cc21. The Morgan fingerprint density at radius 1 is 0.340 bits per heavy atom. The van der Waals surface area contributed by atoms with E-state index in [1.54, 1.807) is 0 Å². The van der Waals surface area contributed by atoms with E-state index in [1.807, 2.05) is 0 Å². The van der Waals surface area contributed by atoms with E-state index in [9.17, 15) is 0 Å². The van der Waals surface area contributed by atoms with Crippen LogP contribution < -0.4 is 0 Å². The Morgan fingerprint density at radius 3 is 1.60 bits per heavy atom. The van der Waals surface area contributed by atoms with Crippen molar-refractivity contribution in [3.8, 4) is 44.8 Å². The average Bonchev–Trinajstić information content (AvgIpc) is 3.81. The Morgan fingerprint density at radius 2 is 0.887 bits per heavy atom. The van der Waals surface area contributed by atoms with Crippen molar-refractivity contribution < 1.29 is 0 Å². The van der Waals surface area contributed by atoms with Gasteiger partial charge >= 0.3 is 0 Å². The Balaban J connectivity index is 1.18. The molecule has 0 saturated heterocycles. The monoisotopic (exact) mass is 676 g/mol. The van der Waals surface area contributed by atoms with Crippen LogP contribution in [0.1, 0.15) is 25.0 Å². The van der Waals surface area contributed by atoms with Crippen molar-refractivity contribution in [3.05, 3.63) is 193 Å². The normalized spacial score (nSPS) is 13.2. The molecule has 0 saturated carbocycles. The van der Waals surface area contributed by atoms with Gasteiger partial charge < -0.3 is 9.13 Å². The summed E-state index contributed by atoms with van der Waals surface area (Å²) < 4.78 is 4.81. The van der Waals surface area contributed by atoms with E-state index in [4.69, 9.17) is 0 Å². The Kier molecular flexibility index (Phi) is 6.33. The number of fused-ring (bicyclic) bond motifs is 9. The van der Waals surface area contributed by atoms with Crippen LogP contribution >= 0.6 is 0 Å². The first kappa shape index (κ1) is 30.0. The second-order valence-electron chi connectivity index (χ2n) is 15.0. The molecule has 2 heterocycles. The molecule has 0 atom stereocenters. The summed E-state index contributed by atoms with van der Waals surface area (Å²) in [6, 6.07) is 67.1. The van der Waals surface area contributed by atoms with Gasteiger partial charge in [0.1, 0.15) is 0 Å². The van der Waals surface area contributed by atoms with Gasteiger partial charge in [0.15, 0.2) is 0 Å². The maximum Gasteiger partial charge on any atom is 0.0547 e. The lowest BCUT2D eigenvalue weighted by atomic mass is 9.80. The number of nitrogens with zero attached hydrogens (tertiary/aromatic N) is 2. The van der Waals surface area contributed by atoms with E-state index in [2.05, 4.69) is 205 Å². The number of rotatable bonds is 4. The zero-order valence-corrected chi connectivity index (χ0v) is 29.7. The van der Waals surface area contributed by atoms with Gasteiger partial charge in [-0.3, -0.25) is 0 Å². The highest BCUT2D eigenvalue weighted by Crippen LogP contribution is 2.54. The van der Waals surface area contributed by atoms with Gasteiger partial charge in [0.25, 0.3) is 0 Å². The third kappa shape index (κ3) is 4.33. The molecule has 0 N–H and O–H groups in total. The van der Waals surface area contributed by atoms with Gasteiger partial charge in [-0.1, -0.05) is 129 Å². The Labute approximate surface area is 308 Å². The van der Waals surface area contributed by atoms with Crippen molar-refractivity contribution in [2.24, 2.45) is 0 Å². The maximum absolute atomic E-state index is 2.47. The quantitative estimate of drug-likeness (QED) is 0.176. The van der Waals surface area contributed by atoms with E-state index >= 15 is 0 Å². The summed E-state index contributed by atoms with van der Waals surface area (Å²) in [4.78, 5) is 0. The van der Waals surface area contributed by atoms with E-state index in [0.29, 0.717) is 0 Å². The molecule has 2 aromatic heterocycles. The minimum Gasteiger partial charge on any atom is -0.309 e. The lowest BCUT2D eigenvalue weighted by Gasteiger charge is -2.23. The predicted molar refractivity (Wildman–Crippen MR) is 224 cm³/mol. The zero-order valence-electron chi connectivity index (χ0n) is 29.7. The van der Waals surface area contributed by atoms with E-state index in [0.717, 1.165) is 0 Å². The van der Waals surface area contributed by atoms with Crippen LogP contribution in [0.15, 0.2) is 182 Å². The summed E-state index contributed by atoms with van der Waals surface area (Å²) in [7, 11) is 0. The van der Waals surface area contributed by atoms with Crippen LogP contribution in [0.5, 0.6) is 0 Å². The van der Waals surface area contributed by atoms with Crippen LogP contribution in [0.4, 0.5) is 0 Å². The van der Waals surface area contributed by atoms with Gasteiger partial charge in [-0.15, -0.1) is 0 Å². The summed E-state index contributed by atoms with van der Waals surface area (Å²) >= 11 is 0. The van der Waals surface area contributed by atoms with Gasteiger partial charge in [0, 0.05) is 38.3 Å². The molecule has 1 aliphatic rings. The summed E-state index contributed by atoms with van der Waals surface area (Å²) in [6.45, 7) is 4.77. The van der Waals surface area contributed by atoms with Crippen LogP contribution in [0.2, 0.25) is 0 Å². The lowest BCUT2D eigenvalue weighted by molar-refractivity contribution is 0.660. The standard InChI is InChI=1S/C51H36N2/c1-51(2)44-22-12-9-21-41(44)50-42(34-26-28-48-43(29-34)39-20-11-14-24-47(39)52(48)36-15-5-3-6-16-36)30-35(31-45(50)51)33-25-27-40-38-19-10-13-23-46(38)53(49(40)32-33)37-17-7-4-8-18-37/h3-32H,1-2H3. The molecule has 0 amide bonds. The van der Waals surface area contributed by atoms with Gasteiger partial charge in [-0.05, 0) is 111 Å². The fourth-order valence-electron chi connectivity index (χ4n) is 9.21. The number of aromatic nitrogens is 2. The Bertz CT molecular complexity index is 3070. The van der Waals surface area contributed by atoms with E-state index < -0.39 is 0 Å². The maximum atomic E-state index is 2.47. The summed E-state index contributed by atoms with van der Waals surface area (Å²) in [5.74, 6) is 0. The molecular weight excluding hydrogens is 641 g/mol. The number of para-hydroxylation sites is 4.